The zero-order valence-corrected chi connectivity index (χ0v) is 35.9. The molecule has 7 nitrogen and oxygen atoms in total. The maximum Gasteiger partial charge on any atom is 0.110 e. The molecule has 0 bridgehead atoms. The maximum atomic E-state index is 10.8. The molecule has 2 fully saturated rings. The Bertz CT molecular complexity index is 1920. The van der Waals surface area contributed by atoms with Crippen LogP contribution in [0.3, 0.4) is 0 Å². The van der Waals surface area contributed by atoms with E-state index < -0.39 is 6.10 Å². The lowest BCUT2D eigenvalue weighted by Crippen LogP contribution is -2.37. The molecule has 0 spiro atoms. The molecule has 324 valence electrons. The minimum atomic E-state index is -0.574. The Hall–Kier alpha value is -4.96. The second kappa shape index (κ2) is 24.6. The van der Waals surface area contributed by atoms with Gasteiger partial charge in [0.1, 0.15) is 6.10 Å². The van der Waals surface area contributed by atoms with Gasteiger partial charge in [0, 0.05) is 11.8 Å². The van der Waals surface area contributed by atoms with Crippen LogP contribution >= 0.6 is 0 Å². The fraction of sp³-hybridized carbons (Fsp3) is 0.345. The van der Waals surface area contributed by atoms with Gasteiger partial charge in [-0.15, -0.1) is 0 Å². The Labute approximate surface area is 368 Å². The van der Waals surface area contributed by atoms with Crippen LogP contribution < -0.4 is 0 Å². The second-order valence-electron chi connectivity index (χ2n) is 16.6. The number of hydrogen-bond donors (Lipinski definition) is 1. The summed E-state index contributed by atoms with van der Waals surface area (Å²) in [5, 5.41) is 10.8. The van der Waals surface area contributed by atoms with Crippen molar-refractivity contribution in [2.24, 2.45) is 17.8 Å². The van der Waals surface area contributed by atoms with Gasteiger partial charge in [-0.3, -0.25) is 0 Å². The molecule has 2 saturated carbocycles. The first kappa shape index (κ1) is 45.1. The topological polar surface area (TPSA) is 75.6 Å². The minimum Gasteiger partial charge on any atom is -0.390 e. The molecule has 0 amide bonds. The normalized spacial score (nSPS) is 23.1. The highest BCUT2D eigenvalue weighted by Gasteiger charge is 2.45. The van der Waals surface area contributed by atoms with Crippen LogP contribution in [0.25, 0.3) is 0 Å². The summed E-state index contributed by atoms with van der Waals surface area (Å²) in [6.45, 7) is 6.80. The summed E-state index contributed by atoms with van der Waals surface area (Å²) >= 11 is 0. The molecule has 8 atom stereocenters. The number of ether oxygens (including phenoxy) is 6. The highest BCUT2D eigenvalue weighted by molar-refractivity contribution is 5.18. The van der Waals surface area contributed by atoms with E-state index >= 15 is 0 Å². The summed E-state index contributed by atoms with van der Waals surface area (Å²) < 4.78 is 37.5. The number of aliphatic hydroxyl groups is 1. The van der Waals surface area contributed by atoms with E-state index in [2.05, 4.69) is 91.9 Å². The van der Waals surface area contributed by atoms with Crippen molar-refractivity contribution in [1.82, 2.24) is 0 Å². The number of benzene rings is 6. The van der Waals surface area contributed by atoms with E-state index in [4.69, 9.17) is 28.4 Å². The van der Waals surface area contributed by atoms with E-state index in [1.807, 2.05) is 97.1 Å². The van der Waals surface area contributed by atoms with Crippen molar-refractivity contribution >= 4 is 0 Å². The van der Waals surface area contributed by atoms with Crippen LogP contribution in [-0.2, 0) is 68.1 Å². The third-order valence-electron chi connectivity index (χ3n) is 11.8. The van der Waals surface area contributed by atoms with E-state index in [0.29, 0.717) is 71.1 Å². The van der Waals surface area contributed by atoms with Crippen LogP contribution in [0.5, 0.6) is 0 Å². The lowest BCUT2D eigenvalue weighted by molar-refractivity contribution is -0.116. The first-order valence-corrected chi connectivity index (χ1v) is 22.1. The smallest absolute Gasteiger partial charge is 0.110 e. The molecule has 0 aliphatic heterocycles. The molecule has 0 radical (unpaired) electrons. The van der Waals surface area contributed by atoms with Crippen LogP contribution in [0.15, 0.2) is 182 Å². The molecular weight excluding hydrogens is 773 g/mol. The Morgan fingerprint density at radius 1 is 0.355 bits per heavy atom. The van der Waals surface area contributed by atoms with E-state index in [1.165, 1.54) is 16.7 Å². The van der Waals surface area contributed by atoms with Crippen molar-refractivity contribution in [2.45, 2.75) is 89.9 Å². The number of aliphatic hydroxyl groups excluding tert-OH is 1. The molecule has 0 aromatic heterocycles. The van der Waals surface area contributed by atoms with E-state index in [0.717, 1.165) is 23.1 Å². The van der Waals surface area contributed by atoms with Gasteiger partial charge in [-0.25, -0.2) is 0 Å². The quantitative estimate of drug-likeness (QED) is 0.0821. The van der Waals surface area contributed by atoms with Gasteiger partial charge in [-0.2, -0.15) is 0 Å². The Kier molecular flexibility index (Phi) is 17.9. The predicted octanol–water partition coefficient (Wildman–Crippen LogP) is 10.8. The van der Waals surface area contributed by atoms with Gasteiger partial charge < -0.3 is 33.5 Å². The van der Waals surface area contributed by atoms with Crippen LogP contribution in [0.2, 0.25) is 0 Å². The molecule has 2 unspecified atom stereocenters. The van der Waals surface area contributed by atoms with E-state index in [1.54, 1.807) is 0 Å². The first-order valence-electron chi connectivity index (χ1n) is 22.1. The molecule has 6 aromatic rings. The van der Waals surface area contributed by atoms with Gasteiger partial charge in [-0.05, 0) is 52.1 Å². The average molecular weight is 835 g/mol. The van der Waals surface area contributed by atoms with Gasteiger partial charge in [0.15, 0.2) is 0 Å². The molecule has 7 heteroatoms. The van der Waals surface area contributed by atoms with Crippen molar-refractivity contribution in [1.29, 1.82) is 0 Å². The largest absolute Gasteiger partial charge is 0.390 e. The van der Waals surface area contributed by atoms with Crippen molar-refractivity contribution in [3.63, 3.8) is 0 Å². The van der Waals surface area contributed by atoms with E-state index in [9.17, 15) is 5.11 Å². The Morgan fingerprint density at radius 2 is 0.629 bits per heavy atom. The molecular formula is C55H62O7. The molecule has 0 saturated heterocycles. The van der Waals surface area contributed by atoms with Crippen LogP contribution in [-0.4, -0.2) is 48.8 Å². The number of rotatable bonds is 20. The summed E-state index contributed by atoms with van der Waals surface area (Å²) in [4.78, 5) is 0. The van der Waals surface area contributed by atoms with Gasteiger partial charge in [0.05, 0.1) is 77.3 Å². The second-order valence-corrected chi connectivity index (χ2v) is 16.6. The van der Waals surface area contributed by atoms with Crippen molar-refractivity contribution < 1.29 is 33.5 Å². The molecule has 2 aliphatic carbocycles. The highest BCUT2D eigenvalue weighted by Crippen LogP contribution is 2.37. The summed E-state index contributed by atoms with van der Waals surface area (Å²) in [6, 6.07) is 61.3. The molecule has 6 aromatic carbocycles. The minimum absolute atomic E-state index is 0.0229. The summed E-state index contributed by atoms with van der Waals surface area (Å²) in [5.41, 5.74) is 6.91. The number of hydrogen-bond acceptors (Lipinski definition) is 7. The zero-order chi connectivity index (χ0) is 42.6. The van der Waals surface area contributed by atoms with Gasteiger partial charge in [-0.1, -0.05) is 189 Å². The third-order valence-corrected chi connectivity index (χ3v) is 11.8. The summed E-state index contributed by atoms with van der Waals surface area (Å²) in [6.07, 6.45) is 0.559. The Morgan fingerprint density at radius 3 is 0.984 bits per heavy atom. The molecule has 8 rings (SSSR count). The highest BCUT2D eigenvalue weighted by atomic mass is 16.6. The van der Waals surface area contributed by atoms with Crippen molar-refractivity contribution in [3.8, 4) is 0 Å². The van der Waals surface area contributed by atoms with Crippen LogP contribution in [0.1, 0.15) is 53.1 Å². The predicted molar refractivity (Wildman–Crippen MR) is 244 cm³/mol. The molecule has 1 N–H and O–H groups in total. The van der Waals surface area contributed by atoms with Gasteiger partial charge in [0.2, 0.25) is 0 Å². The Balaban J connectivity index is 0.000000186. The lowest BCUT2D eigenvalue weighted by atomic mass is 10.1. The molecule has 62 heavy (non-hydrogen) atoms. The van der Waals surface area contributed by atoms with E-state index in [-0.39, 0.29) is 30.3 Å². The summed E-state index contributed by atoms with van der Waals surface area (Å²) in [5.74, 6) is 0.821. The fourth-order valence-corrected chi connectivity index (χ4v) is 8.53. The molecule has 0 heterocycles. The SMILES string of the molecule is C[C@H]1C[C@H](COCc2ccccc2)[C@@H](OCc2ccccc2)C1OCc1ccccc1.O[C@H]1C[C@H](COCc2ccccc2)[C@@H](OCc2ccccc2)C1OCc1ccccc1. The van der Waals surface area contributed by atoms with Crippen molar-refractivity contribution in [2.75, 3.05) is 13.2 Å². The standard InChI is InChI=1S/C28H32O3.C27H30O4/c1-22-17-26(21-29-18-23-11-5-2-6-12-23)28(31-20-25-15-9-4-10-16-25)27(22)30-19-24-13-7-3-8-14-24;28-25-16-24(20-29-17-21-10-4-1-5-11-21)26(30-18-22-12-6-2-7-13-22)27(25)31-19-23-14-8-3-9-15-23/h2-16,22,26-28H,17-21H2,1H3;1-15,24-28H,16-20H2/t22-,26+,27?,28+;24-,25+,26-,27?/m01/s1. The van der Waals surface area contributed by atoms with Crippen molar-refractivity contribution in [3.05, 3.63) is 215 Å². The van der Waals surface area contributed by atoms with Crippen LogP contribution in [0, 0.1) is 17.8 Å². The monoisotopic (exact) mass is 834 g/mol. The third kappa shape index (κ3) is 14.0. The van der Waals surface area contributed by atoms with Gasteiger partial charge in [0.25, 0.3) is 0 Å². The summed E-state index contributed by atoms with van der Waals surface area (Å²) in [7, 11) is 0. The first-order chi connectivity index (χ1) is 30.6. The molecule has 2 aliphatic rings. The average Bonchev–Trinajstić information content (AvgIpc) is 3.80. The zero-order valence-electron chi connectivity index (χ0n) is 35.9. The van der Waals surface area contributed by atoms with Crippen LogP contribution in [0.4, 0.5) is 0 Å². The van der Waals surface area contributed by atoms with Gasteiger partial charge >= 0.3 is 0 Å². The lowest BCUT2D eigenvalue weighted by Gasteiger charge is -2.27. The fourth-order valence-electron chi connectivity index (χ4n) is 8.53. The maximum absolute atomic E-state index is 10.8.